The molecule has 0 radical (unpaired) electrons. The van der Waals surface area contributed by atoms with Crippen molar-refractivity contribution in [1.29, 1.82) is 0 Å². The molecule has 1 fully saturated rings. The summed E-state index contributed by atoms with van der Waals surface area (Å²) in [6.07, 6.45) is 4.67. The van der Waals surface area contributed by atoms with Crippen molar-refractivity contribution in [3.05, 3.63) is 0 Å². The summed E-state index contributed by atoms with van der Waals surface area (Å²) in [6.45, 7) is 9.34. The summed E-state index contributed by atoms with van der Waals surface area (Å²) in [7, 11) is -0.776. The lowest BCUT2D eigenvalue weighted by atomic mass is 9.99. The Labute approximate surface area is 126 Å². The van der Waals surface area contributed by atoms with Gasteiger partial charge in [0.1, 0.15) is 0 Å². The molecule has 0 aromatic rings. The molecule has 1 heterocycles. The van der Waals surface area contributed by atoms with Crippen molar-refractivity contribution in [2.45, 2.75) is 59.2 Å². The first-order valence-corrected chi connectivity index (χ1v) is 9.46. The molecule has 20 heavy (non-hydrogen) atoms. The number of carbonyl (C=O) groups excluding carboxylic acids is 1. The second-order valence-corrected chi connectivity index (χ2v) is 7.89. The Morgan fingerprint density at radius 2 is 2.00 bits per heavy atom. The smallest absolute Gasteiger partial charge is 0.241 e. The number of amides is 1. The van der Waals surface area contributed by atoms with Gasteiger partial charge in [0.05, 0.1) is 12.2 Å². The number of hydrogen-bond donors (Lipinski definition) is 1. The molecule has 4 atom stereocenters. The number of hydrogen-bond acceptors (Lipinski definition) is 3. The van der Waals surface area contributed by atoms with E-state index in [1.807, 2.05) is 4.90 Å². The predicted molar refractivity (Wildman–Crippen MR) is 84.9 cm³/mol. The van der Waals surface area contributed by atoms with Crippen molar-refractivity contribution >= 4 is 16.7 Å². The second-order valence-electron chi connectivity index (χ2n) is 6.34. The third kappa shape index (κ3) is 4.85. The monoisotopic (exact) mass is 302 g/mol. The molecule has 1 aliphatic rings. The van der Waals surface area contributed by atoms with Crippen molar-refractivity contribution in [1.82, 2.24) is 10.2 Å². The third-order valence-corrected chi connectivity index (χ3v) is 4.90. The van der Waals surface area contributed by atoms with Crippen LogP contribution in [0.3, 0.4) is 0 Å². The molecule has 0 bridgehead atoms. The van der Waals surface area contributed by atoms with E-state index < -0.39 is 10.8 Å². The Balaban J connectivity index is 2.69. The molecule has 5 heteroatoms. The minimum Gasteiger partial charge on any atom is -0.326 e. The van der Waals surface area contributed by atoms with Gasteiger partial charge in [-0.2, -0.15) is 0 Å². The van der Waals surface area contributed by atoms with E-state index in [-0.39, 0.29) is 18.1 Å². The maximum Gasteiger partial charge on any atom is 0.241 e. The molecule has 1 amide bonds. The van der Waals surface area contributed by atoms with Crippen LogP contribution in [0.25, 0.3) is 0 Å². The zero-order valence-corrected chi connectivity index (χ0v) is 14.3. The summed E-state index contributed by atoms with van der Waals surface area (Å²) in [5.41, 5.74) is 0. The van der Waals surface area contributed by atoms with Crippen LogP contribution in [-0.2, 0) is 15.6 Å². The van der Waals surface area contributed by atoms with Gasteiger partial charge in [-0.25, -0.2) is 0 Å². The van der Waals surface area contributed by atoms with Gasteiger partial charge in [-0.3, -0.25) is 14.3 Å². The molecule has 0 aromatic carbocycles. The summed E-state index contributed by atoms with van der Waals surface area (Å²) >= 11 is 0. The highest BCUT2D eigenvalue weighted by atomic mass is 32.2. The molecule has 1 rings (SSSR count). The van der Waals surface area contributed by atoms with E-state index >= 15 is 0 Å². The largest absolute Gasteiger partial charge is 0.326 e. The van der Waals surface area contributed by atoms with E-state index in [0.29, 0.717) is 17.6 Å². The average Bonchev–Trinajstić information content (AvgIpc) is 2.65. The van der Waals surface area contributed by atoms with Gasteiger partial charge < -0.3 is 4.90 Å². The Morgan fingerprint density at radius 3 is 2.50 bits per heavy atom. The molecule has 0 spiro atoms. The number of nitrogens with one attached hydrogen (secondary N) is 1. The lowest BCUT2D eigenvalue weighted by Gasteiger charge is -2.25. The van der Waals surface area contributed by atoms with Crippen molar-refractivity contribution in [3.8, 4) is 0 Å². The van der Waals surface area contributed by atoms with Gasteiger partial charge in [0.25, 0.3) is 0 Å². The Hall–Kier alpha value is -0.420. The van der Waals surface area contributed by atoms with Crippen LogP contribution in [0.2, 0.25) is 0 Å². The molecular weight excluding hydrogens is 272 g/mol. The van der Waals surface area contributed by atoms with Crippen LogP contribution in [0.1, 0.15) is 47.0 Å². The molecule has 4 unspecified atom stereocenters. The molecule has 1 saturated heterocycles. The van der Waals surface area contributed by atoms with Gasteiger partial charge >= 0.3 is 0 Å². The molecule has 4 nitrogen and oxygen atoms in total. The SMILES string of the molecule is CCC(C)C1NC(CC(C)C)N(CCCS(C)=O)C1=O. The van der Waals surface area contributed by atoms with Gasteiger partial charge in [-0.15, -0.1) is 0 Å². The summed E-state index contributed by atoms with van der Waals surface area (Å²) < 4.78 is 11.2. The van der Waals surface area contributed by atoms with Crippen molar-refractivity contribution < 1.29 is 9.00 Å². The van der Waals surface area contributed by atoms with E-state index in [2.05, 4.69) is 33.0 Å². The van der Waals surface area contributed by atoms with Gasteiger partial charge in [0, 0.05) is 29.4 Å². The maximum absolute atomic E-state index is 12.6. The molecule has 0 aromatic heterocycles. The van der Waals surface area contributed by atoms with Crippen LogP contribution in [0.5, 0.6) is 0 Å². The topological polar surface area (TPSA) is 49.4 Å². The van der Waals surface area contributed by atoms with Crippen LogP contribution in [-0.4, -0.2) is 45.8 Å². The van der Waals surface area contributed by atoms with Gasteiger partial charge in [0.2, 0.25) is 5.91 Å². The zero-order valence-electron chi connectivity index (χ0n) is 13.5. The van der Waals surface area contributed by atoms with E-state index in [0.717, 1.165) is 25.8 Å². The van der Waals surface area contributed by atoms with E-state index in [1.165, 1.54) is 0 Å². The molecule has 1 N–H and O–H groups in total. The van der Waals surface area contributed by atoms with Crippen LogP contribution in [0, 0.1) is 11.8 Å². The summed E-state index contributed by atoms with van der Waals surface area (Å²) in [5, 5.41) is 3.51. The quantitative estimate of drug-likeness (QED) is 0.746. The molecule has 1 aliphatic heterocycles. The van der Waals surface area contributed by atoms with E-state index in [4.69, 9.17) is 0 Å². The number of nitrogens with zero attached hydrogens (tertiary/aromatic N) is 1. The van der Waals surface area contributed by atoms with Gasteiger partial charge in [0.15, 0.2) is 0 Å². The van der Waals surface area contributed by atoms with Gasteiger partial charge in [-0.05, 0) is 24.7 Å². The molecule has 118 valence electrons. The zero-order chi connectivity index (χ0) is 15.3. The highest BCUT2D eigenvalue weighted by Crippen LogP contribution is 2.23. The van der Waals surface area contributed by atoms with Crippen molar-refractivity contribution in [3.63, 3.8) is 0 Å². The fourth-order valence-corrected chi connectivity index (χ4v) is 3.23. The minimum atomic E-state index is -0.776. The lowest BCUT2D eigenvalue weighted by molar-refractivity contribution is -0.131. The predicted octanol–water partition coefficient (Wildman–Crippen LogP) is 1.97. The summed E-state index contributed by atoms with van der Waals surface area (Å²) in [6, 6.07) is -0.0455. The lowest BCUT2D eigenvalue weighted by Crippen LogP contribution is -2.39. The van der Waals surface area contributed by atoms with Gasteiger partial charge in [-0.1, -0.05) is 34.1 Å². The maximum atomic E-state index is 12.6. The van der Waals surface area contributed by atoms with E-state index in [9.17, 15) is 9.00 Å². The summed E-state index contributed by atoms with van der Waals surface area (Å²) in [4.78, 5) is 14.5. The highest BCUT2D eigenvalue weighted by Gasteiger charge is 2.40. The average molecular weight is 302 g/mol. The first-order valence-electron chi connectivity index (χ1n) is 7.73. The first-order chi connectivity index (χ1) is 9.36. The van der Waals surface area contributed by atoms with Crippen LogP contribution in [0.15, 0.2) is 0 Å². The summed E-state index contributed by atoms with van der Waals surface area (Å²) in [5.74, 6) is 1.82. The van der Waals surface area contributed by atoms with Crippen molar-refractivity contribution in [2.24, 2.45) is 11.8 Å². The first kappa shape index (κ1) is 17.6. The fraction of sp³-hybridized carbons (Fsp3) is 0.933. The highest BCUT2D eigenvalue weighted by molar-refractivity contribution is 7.84. The molecule has 0 saturated carbocycles. The second kappa shape index (κ2) is 8.13. The fourth-order valence-electron chi connectivity index (χ4n) is 2.69. The molecular formula is C15H30N2O2S. The van der Waals surface area contributed by atoms with Crippen LogP contribution in [0.4, 0.5) is 0 Å². The van der Waals surface area contributed by atoms with E-state index in [1.54, 1.807) is 6.26 Å². The standard InChI is InChI=1S/C15H30N2O2S/c1-6-12(4)14-15(18)17(8-7-9-20(5)19)13(16-14)10-11(2)3/h11-14,16H,6-10H2,1-5H3. The normalized spacial score (nSPS) is 26.3. The number of carbonyl (C=O) groups is 1. The van der Waals surface area contributed by atoms with Crippen LogP contribution >= 0.6 is 0 Å². The Morgan fingerprint density at radius 1 is 1.35 bits per heavy atom. The third-order valence-electron chi connectivity index (χ3n) is 4.04. The Bertz CT molecular complexity index is 347. The Kier molecular flexibility index (Phi) is 7.17. The molecule has 0 aliphatic carbocycles. The van der Waals surface area contributed by atoms with Crippen molar-refractivity contribution in [2.75, 3.05) is 18.6 Å². The van der Waals surface area contributed by atoms with Crippen LogP contribution < -0.4 is 5.32 Å². The minimum absolute atomic E-state index is 0.0455. The number of rotatable bonds is 8.